The van der Waals surface area contributed by atoms with E-state index in [1.165, 1.54) is 6.92 Å². The van der Waals surface area contributed by atoms with E-state index in [1.54, 1.807) is 31.3 Å². The minimum atomic E-state index is -0.434. The Morgan fingerprint density at radius 1 is 0.970 bits per heavy atom. The van der Waals surface area contributed by atoms with Gasteiger partial charge in [0.25, 0.3) is 0 Å². The van der Waals surface area contributed by atoms with E-state index in [0.29, 0.717) is 25.1 Å². The van der Waals surface area contributed by atoms with Crippen LogP contribution in [0.1, 0.15) is 43.7 Å². The third-order valence-electron chi connectivity index (χ3n) is 5.51. The van der Waals surface area contributed by atoms with E-state index in [9.17, 15) is 14.4 Å². The predicted octanol–water partition coefficient (Wildman–Crippen LogP) is 3.22. The number of likely N-dealkylation sites (N-methyl/N-ethyl adjacent to an activating group) is 1. The first kappa shape index (κ1) is 26.2. The van der Waals surface area contributed by atoms with Crippen molar-refractivity contribution in [2.75, 3.05) is 18.9 Å². The highest BCUT2D eigenvalue weighted by Gasteiger charge is 2.26. The number of rotatable bonds is 14. The van der Waals surface area contributed by atoms with Crippen LogP contribution in [0.25, 0.3) is 0 Å². The number of hydrogen-bond donors (Lipinski definition) is 3. The molecule has 2 atom stereocenters. The number of esters is 1. The van der Waals surface area contributed by atoms with Gasteiger partial charge in [-0.3, -0.25) is 14.4 Å². The summed E-state index contributed by atoms with van der Waals surface area (Å²) in [5.74, 6) is -0.936. The molecule has 178 valence electrons. The molecule has 0 saturated carbocycles. The number of nitrogens with one attached hydrogen (secondary N) is 2. The van der Waals surface area contributed by atoms with E-state index in [2.05, 4.69) is 10.6 Å². The van der Waals surface area contributed by atoms with Crippen LogP contribution < -0.4 is 16.4 Å². The largest absolute Gasteiger partial charge is 0.461 e. The van der Waals surface area contributed by atoms with Crippen LogP contribution in [0, 0.1) is 5.92 Å². The fourth-order valence-corrected chi connectivity index (χ4v) is 3.59. The van der Waals surface area contributed by atoms with E-state index in [0.717, 1.165) is 24.0 Å². The van der Waals surface area contributed by atoms with E-state index in [4.69, 9.17) is 10.5 Å². The Balaban J connectivity index is 2.01. The average Bonchev–Trinajstić information content (AvgIpc) is 2.82. The summed E-state index contributed by atoms with van der Waals surface area (Å²) in [6, 6.07) is 16.6. The molecule has 2 rings (SSSR count). The van der Waals surface area contributed by atoms with Crippen molar-refractivity contribution in [3.8, 4) is 0 Å². The Kier molecular flexibility index (Phi) is 11.3. The summed E-state index contributed by atoms with van der Waals surface area (Å²) in [4.78, 5) is 37.0. The number of amides is 1. The first-order chi connectivity index (χ1) is 15.9. The van der Waals surface area contributed by atoms with Crippen molar-refractivity contribution < 1.29 is 19.1 Å². The molecule has 33 heavy (non-hydrogen) atoms. The minimum Gasteiger partial charge on any atom is -0.461 e. The molecule has 0 bridgehead atoms. The lowest BCUT2D eigenvalue weighted by Crippen LogP contribution is -2.38. The van der Waals surface area contributed by atoms with E-state index in [-0.39, 0.29) is 36.7 Å². The highest BCUT2D eigenvalue weighted by atomic mass is 16.5. The second-order valence-corrected chi connectivity index (χ2v) is 8.15. The first-order valence-electron chi connectivity index (χ1n) is 11.4. The van der Waals surface area contributed by atoms with Crippen LogP contribution in [-0.4, -0.2) is 37.3 Å². The monoisotopic (exact) mass is 453 g/mol. The van der Waals surface area contributed by atoms with Crippen molar-refractivity contribution in [1.29, 1.82) is 0 Å². The molecule has 0 spiro atoms. The van der Waals surface area contributed by atoms with E-state index in [1.807, 2.05) is 30.3 Å². The molecule has 7 nitrogen and oxygen atoms in total. The minimum absolute atomic E-state index is 0.0194. The molecule has 0 aliphatic heterocycles. The molecule has 0 aliphatic rings. The zero-order chi connectivity index (χ0) is 24.1. The molecule has 1 amide bonds. The van der Waals surface area contributed by atoms with Gasteiger partial charge in [-0.05, 0) is 56.1 Å². The quantitative estimate of drug-likeness (QED) is 0.299. The predicted molar refractivity (Wildman–Crippen MR) is 130 cm³/mol. The number of unbranched alkanes of at least 4 members (excludes halogenated alkanes) is 1. The molecule has 0 heterocycles. The molecule has 0 aliphatic carbocycles. The highest BCUT2D eigenvalue weighted by Crippen LogP contribution is 2.19. The summed E-state index contributed by atoms with van der Waals surface area (Å²) in [6.07, 6.45) is 2.94. The molecule has 0 fully saturated rings. The molecule has 0 saturated heterocycles. The summed E-state index contributed by atoms with van der Waals surface area (Å²) >= 11 is 0. The zero-order valence-corrected chi connectivity index (χ0v) is 19.5. The van der Waals surface area contributed by atoms with Crippen molar-refractivity contribution in [3.63, 3.8) is 0 Å². The van der Waals surface area contributed by atoms with E-state index >= 15 is 0 Å². The lowest BCUT2D eigenvalue weighted by atomic mass is 9.90. The molecule has 0 unspecified atom stereocenters. The summed E-state index contributed by atoms with van der Waals surface area (Å²) in [6.45, 7) is 2.10. The smallest absolute Gasteiger partial charge is 0.302 e. The van der Waals surface area contributed by atoms with Gasteiger partial charge in [0.2, 0.25) is 5.91 Å². The topological polar surface area (TPSA) is 111 Å². The third kappa shape index (κ3) is 9.55. The van der Waals surface area contributed by atoms with Gasteiger partial charge in [0.1, 0.15) is 6.61 Å². The van der Waals surface area contributed by atoms with Gasteiger partial charge in [-0.2, -0.15) is 0 Å². The number of ketones is 1. The second kappa shape index (κ2) is 14.2. The molecule has 2 aromatic rings. The molecule has 7 heteroatoms. The number of ether oxygens (including phenoxy) is 1. The lowest BCUT2D eigenvalue weighted by molar-refractivity contribution is -0.142. The maximum atomic E-state index is 13.0. The van der Waals surface area contributed by atoms with Crippen molar-refractivity contribution >= 4 is 23.3 Å². The highest BCUT2D eigenvalue weighted by molar-refractivity contribution is 5.96. The maximum Gasteiger partial charge on any atom is 0.302 e. The third-order valence-corrected chi connectivity index (χ3v) is 5.51. The number of nitrogens with two attached hydrogens (primary N) is 1. The number of carbonyl (C=O) groups excluding carboxylic acids is 3. The average molecular weight is 454 g/mol. The van der Waals surface area contributed by atoms with Crippen LogP contribution in [0.5, 0.6) is 0 Å². The van der Waals surface area contributed by atoms with Crippen molar-refractivity contribution in [2.24, 2.45) is 11.7 Å². The lowest BCUT2D eigenvalue weighted by Gasteiger charge is -2.20. The summed E-state index contributed by atoms with van der Waals surface area (Å²) in [7, 11) is 1.77. The van der Waals surface area contributed by atoms with Gasteiger partial charge >= 0.3 is 5.97 Å². The molecule has 4 N–H and O–H groups in total. The van der Waals surface area contributed by atoms with Gasteiger partial charge in [-0.15, -0.1) is 0 Å². The Labute approximate surface area is 196 Å². The van der Waals surface area contributed by atoms with Crippen LogP contribution in [0.3, 0.4) is 0 Å². The van der Waals surface area contributed by atoms with Crippen LogP contribution in [0.2, 0.25) is 0 Å². The standard InChI is InChI=1S/C26H35N3O4/c1-19(30)33-18-21-11-13-23(14-12-21)29-26(32)22(10-6-7-15-27)17-25(31)24(28-2)16-20-8-4-3-5-9-20/h3-5,8-9,11-14,22,24,28H,6-7,10,15-18,27H2,1-2H3,(H,29,32)/t22-,24+/m1/s1. The van der Waals surface area contributed by atoms with Gasteiger partial charge < -0.3 is 21.1 Å². The fourth-order valence-electron chi connectivity index (χ4n) is 3.59. The molecule has 2 aromatic carbocycles. The summed E-state index contributed by atoms with van der Waals surface area (Å²) in [5, 5.41) is 6.02. The van der Waals surface area contributed by atoms with E-state index < -0.39 is 5.92 Å². The second-order valence-electron chi connectivity index (χ2n) is 8.15. The molecular formula is C26H35N3O4. The van der Waals surface area contributed by atoms with Crippen LogP contribution >= 0.6 is 0 Å². The number of carbonyl (C=O) groups is 3. The van der Waals surface area contributed by atoms with Crippen molar-refractivity contribution in [2.45, 2.75) is 51.7 Å². The first-order valence-corrected chi connectivity index (χ1v) is 11.4. The Morgan fingerprint density at radius 2 is 1.67 bits per heavy atom. The molecular weight excluding hydrogens is 418 g/mol. The van der Waals surface area contributed by atoms with Gasteiger partial charge in [-0.25, -0.2) is 0 Å². The van der Waals surface area contributed by atoms with Crippen LogP contribution in [-0.2, 0) is 32.1 Å². The Bertz CT molecular complexity index is 884. The van der Waals surface area contributed by atoms with Crippen LogP contribution in [0.15, 0.2) is 54.6 Å². The van der Waals surface area contributed by atoms with Crippen LogP contribution in [0.4, 0.5) is 5.69 Å². The molecule has 0 aromatic heterocycles. The molecule has 0 radical (unpaired) electrons. The Morgan fingerprint density at radius 3 is 2.27 bits per heavy atom. The fraction of sp³-hybridized carbons (Fsp3) is 0.423. The number of benzene rings is 2. The van der Waals surface area contributed by atoms with Crippen molar-refractivity contribution in [3.05, 3.63) is 65.7 Å². The number of hydrogen-bond acceptors (Lipinski definition) is 6. The normalized spacial score (nSPS) is 12.6. The van der Waals surface area contributed by atoms with Gasteiger partial charge in [0, 0.05) is 24.9 Å². The van der Waals surface area contributed by atoms with Crippen molar-refractivity contribution in [1.82, 2.24) is 5.32 Å². The number of anilines is 1. The number of Topliss-reactive ketones (excluding diaryl/α,β-unsaturated/α-hetero) is 1. The van der Waals surface area contributed by atoms with Gasteiger partial charge in [0.05, 0.1) is 6.04 Å². The summed E-state index contributed by atoms with van der Waals surface area (Å²) in [5.41, 5.74) is 8.16. The SMILES string of the molecule is CN[C@@H](Cc1ccccc1)C(=O)C[C@@H](CCCCN)C(=O)Nc1ccc(COC(C)=O)cc1. The Hall–Kier alpha value is -3.03. The zero-order valence-electron chi connectivity index (χ0n) is 19.5. The maximum absolute atomic E-state index is 13.0. The van der Waals surface area contributed by atoms with Gasteiger partial charge in [0.15, 0.2) is 5.78 Å². The summed E-state index contributed by atoms with van der Waals surface area (Å²) < 4.78 is 4.98. The van der Waals surface area contributed by atoms with Gasteiger partial charge in [-0.1, -0.05) is 48.9 Å².